The summed E-state index contributed by atoms with van der Waals surface area (Å²) in [7, 11) is -4.06. The first-order valence-electron chi connectivity index (χ1n) is 10.7. The molecule has 0 aliphatic rings. The minimum Gasteiger partial charge on any atom is -0.449 e. The average Bonchev–Trinajstić information content (AvgIpc) is 3.38. The van der Waals surface area contributed by atoms with Crippen LogP contribution in [0.1, 0.15) is 44.1 Å². The normalized spacial score (nSPS) is 11.3. The second kappa shape index (κ2) is 12.7. The van der Waals surface area contributed by atoms with Gasteiger partial charge in [0.25, 0.3) is 10.0 Å². The van der Waals surface area contributed by atoms with E-state index in [-0.39, 0.29) is 40.4 Å². The van der Waals surface area contributed by atoms with Gasteiger partial charge in [-0.1, -0.05) is 51.5 Å². The summed E-state index contributed by atoms with van der Waals surface area (Å²) in [5.41, 5.74) is 2.45. The zero-order chi connectivity index (χ0) is 23.1. The summed E-state index contributed by atoms with van der Waals surface area (Å²) >= 11 is 1.20. The Morgan fingerprint density at radius 2 is 1.97 bits per heavy atom. The van der Waals surface area contributed by atoms with Crippen molar-refractivity contribution in [3.63, 3.8) is 0 Å². The minimum absolute atomic E-state index is 0. The molecule has 0 unspecified atom stereocenters. The Bertz CT molecular complexity index is 1130. The molecular weight excluding hydrogens is 469 g/mol. The number of benzene rings is 1. The Labute approximate surface area is 221 Å². The standard InChI is InChI=1S/C23H29N3O4S2.Na/c1-4-5-12-30-23(27)25-32(28,29)22-21(14-20(31-22)13-17(2)3)19-8-6-18(7-9-19)15-26-11-10-24-16-26;/h6-11,14,16-17H,4-5,12-13,15H2,1-3H3,(H,25,27);. The van der Waals surface area contributed by atoms with E-state index in [0.29, 0.717) is 24.4 Å². The van der Waals surface area contributed by atoms with Crippen molar-refractivity contribution in [1.29, 1.82) is 0 Å². The van der Waals surface area contributed by atoms with Crippen molar-refractivity contribution in [1.82, 2.24) is 14.3 Å². The molecule has 0 aliphatic heterocycles. The Morgan fingerprint density at radius 3 is 2.58 bits per heavy atom. The Hall–Kier alpha value is -1.65. The summed E-state index contributed by atoms with van der Waals surface area (Å²) < 4.78 is 35.2. The number of hydrogen-bond acceptors (Lipinski definition) is 6. The number of nitrogens with one attached hydrogen (secondary N) is 1. The molecule has 0 fully saturated rings. The monoisotopic (exact) mass is 498 g/mol. The Kier molecular flexibility index (Phi) is 10.6. The van der Waals surface area contributed by atoms with Crippen LogP contribution in [0.4, 0.5) is 4.79 Å². The number of amides is 1. The number of ether oxygens (including phenoxy) is 1. The van der Waals surface area contributed by atoms with Crippen LogP contribution in [0.3, 0.4) is 0 Å². The summed E-state index contributed by atoms with van der Waals surface area (Å²) in [6, 6.07) is 9.67. The van der Waals surface area contributed by atoms with E-state index in [1.165, 1.54) is 11.3 Å². The van der Waals surface area contributed by atoms with Crippen molar-refractivity contribution in [3.05, 3.63) is 59.5 Å². The molecule has 0 saturated carbocycles. The number of nitrogens with zero attached hydrogens (tertiary/aromatic N) is 2. The van der Waals surface area contributed by atoms with Gasteiger partial charge in [-0.3, -0.25) is 0 Å². The number of aromatic nitrogens is 2. The topological polar surface area (TPSA) is 90.3 Å². The number of hydrogen-bond donors (Lipinski definition) is 1. The molecule has 7 nitrogen and oxygen atoms in total. The van der Waals surface area contributed by atoms with Crippen molar-refractivity contribution in [2.24, 2.45) is 5.92 Å². The van der Waals surface area contributed by atoms with Gasteiger partial charge >= 0.3 is 6.09 Å². The quantitative estimate of drug-likeness (QED) is 0.323. The summed E-state index contributed by atoms with van der Waals surface area (Å²) in [6.45, 7) is 7.00. The molecule has 3 aromatic rings. The molecule has 1 radical (unpaired) electrons. The number of imidazole rings is 1. The first-order valence-corrected chi connectivity index (χ1v) is 13.0. The van der Waals surface area contributed by atoms with E-state index in [1.807, 2.05) is 48.0 Å². The average molecular weight is 499 g/mol. The molecule has 0 aliphatic carbocycles. The van der Waals surface area contributed by atoms with E-state index >= 15 is 0 Å². The maximum atomic E-state index is 13.0. The fraction of sp³-hybridized carbons (Fsp3) is 0.391. The van der Waals surface area contributed by atoms with E-state index in [0.717, 1.165) is 28.8 Å². The van der Waals surface area contributed by atoms with Crippen LogP contribution in [-0.4, -0.2) is 60.2 Å². The van der Waals surface area contributed by atoms with Crippen LogP contribution >= 0.6 is 11.3 Å². The van der Waals surface area contributed by atoms with Gasteiger partial charge in [0.05, 0.1) is 12.9 Å². The van der Waals surface area contributed by atoms with Crippen molar-refractivity contribution < 1.29 is 17.9 Å². The third-order valence-corrected chi connectivity index (χ3v) is 7.74. The summed E-state index contributed by atoms with van der Waals surface area (Å²) in [5, 5.41) is 0. The van der Waals surface area contributed by atoms with Crippen LogP contribution in [0.5, 0.6) is 0 Å². The molecule has 1 amide bonds. The van der Waals surface area contributed by atoms with Crippen molar-refractivity contribution in [2.75, 3.05) is 6.61 Å². The van der Waals surface area contributed by atoms with Crippen LogP contribution < -0.4 is 4.72 Å². The molecule has 1 N–H and O–H groups in total. The van der Waals surface area contributed by atoms with Crippen molar-refractivity contribution in [3.8, 4) is 11.1 Å². The maximum Gasteiger partial charge on any atom is 0.421 e. The van der Waals surface area contributed by atoms with Crippen LogP contribution in [0.25, 0.3) is 11.1 Å². The zero-order valence-corrected chi connectivity index (χ0v) is 23.2. The van der Waals surface area contributed by atoms with E-state index in [9.17, 15) is 13.2 Å². The second-order valence-electron chi connectivity index (χ2n) is 8.04. The Morgan fingerprint density at radius 1 is 1.24 bits per heavy atom. The summed E-state index contributed by atoms with van der Waals surface area (Å²) in [5.74, 6) is 0.376. The molecule has 10 heteroatoms. The molecular formula is C23H29N3NaO4S2. The van der Waals surface area contributed by atoms with Crippen LogP contribution in [0, 0.1) is 5.92 Å². The van der Waals surface area contributed by atoms with Gasteiger partial charge in [-0.15, -0.1) is 11.3 Å². The zero-order valence-electron chi connectivity index (χ0n) is 19.6. The predicted molar refractivity (Wildman–Crippen MR) is 132 cm³/mol. The molecule has 173 valence electrons. The van der Waals surface area contributed by atoms with Gasteiger partial charge in [-0.25, -0.2) is 22.9 Å². The SMILES string of the molecule is CCCCOC(=O)NS(=O)(=O)c1sc(CC(C)C)cc1-c1ccc(Cn2ccnc2)cc1.[Na]. The number of sulfonamides is 1. The van der Waals surface area contributed by atoms with Gasteiger partial charge < -0.3 is 9.30 Å². The van der Waals surface area contributed by atoms with Gasteiger partial charge in [0, 0.05) is 58.9 Å². The van der Waals surface area contributed by atoms with Gasteiger partial charge in [-0.05, 0) is 36.0 Å². The van der Waals surface area contributed by atoms with E-state index in [1.54, 1.807) is 12.5 Å². The fourth-order valence-electron chi connectivity index (χ4n) is 3.20. The van der Waals surface area contributed by atoms with Crippen LogP contribution in [-0.2, 0) is 27.7 Å². The molecule has 2 heterocycles. The molecule has 33 heavy (non-hydrogen) atoms. The molecule has 0 spiro atoms. The third-order valence-electron chi connectivity index (χ3n) is 4.74. The van der Waals surface area contributed by atoms with Gasteiger partial charge in [0.1, 0.15) is 4.21 Å². The molecule has 1 aromatic carbocycles. The molecule has 3 rings (SSSR count). The Balaban J connectivity index is 0.00000385. The number of rotatable bonds is 10. The molecule has 0 atom stereocenters. The number of unbranched alkanes of at least 4 members (excludes halogenated alkanes) is 1. The summed E-state index contributed by atoms with van der Waals surface area (Å²) in [4.78, 5) is 17.0. The summed E-state index contributed by atoms with van der Waals surface area (Å²) in [6.07, 6.45) is 6.72. The molecule has 0 bridgehead atoms. The van der Waals surface area contributed by atoms with Crippen molar-refractivity contribution in [2.45, 2.75) is 50.8 Å². The van der Waals surface area contributed by atoms with Crippen LogP contribution in [0.2, 0.25) is 0 Å². The van der Waals surface area contributed by atoms with Gasteiger partial charge in [-0.2, -0.15) is 0 Å². The fourth-order valence-corrected chi connectivity index (χ4v) is 6.04. The maximum absolute atomic E-state index is 13.0. The third kappa shape index (κ3) is 7.96. The minimum atomic E-state index is -4.06. The number of carbonyl (C=O) groups excluding carboxylic acids is 1. The van der Waals surface area contributed by atoms with E-state index in [4.69, 9.17) is 4.74 Å². The smallest absolute Gasteiger partial charge is 0.421 e. The molecule has 0 saturated heterocycles. The predicted octanol–water partition coefficient (Wildman–Crippen LogP) is 4.69. The van der Waals surface area contributed by atoms with E-state index in [2.05, 4.69) is 23.6 Å². The van der Waals surface area contributed by atoms with Crippen LogP contribution in [0.15, 0.2) is 53.3 Å². The number of thiophene rings is 1. The largest absolute Gasteiger partial charge is 0.449 e. The van der Waals surface area contributed by atoms with Gasteiger partial charge in [0.15, 0.2) is 0 Å². The van der Waals surface area contributed by atoms with E-state index < -0.39 is 16.1 Å². The first-order chi connectivity index (χ1) is 15.3. The van der Waals surface area contributed by atoms with Crippen molar-refractivity contribution >= 4 is 57.0 Å². The second-order valence-corrected chi connectivity index (χ2v) is 11.1. The van der Waals surface area contributed by atoms with Gasteiger partial charge in [0.2, 0.25) is 0 Å². The number of carbonyl (C=O) groups is 1. The first kappa shape index (κ1) is 27.6. The molecule has 2 aromatic heterocycles.